The van der Waals surface area contributed by atoms with Crippen molar-refractivity contribution in [2.75, 3.05) is 0 Å². The first-order chi connectivity index (χ1) is 11.1. The number of aromatic nitrogens is 4. The Morgan fingerprint density at radius 2 is 1.87 bits per heavy atom. The number of para-hydroxylation sites is 1. The number of ether oxygens (including phenoxy) is 1. The highest BCUT2D eigenvalue weighted by Gasteiger charge is 2.18. The molecule has 1 unspecified atom stereocenters. The number of aryl methyl sites for hydroxylation is 1. The third kappa shape index (κ3) is 3.26. The fraction of sp³-hybridized carbons (Fsp3) is 0.176. The normalized spacial score (nSPS) is 11.9. The Morgan fingerprint density at radius 1 is 1.13 bits per heavy atom. The Morgan fingerprint density at radius 3 is 2.57 bits per heavy atom. The first-order valence-electron chi connectivity index (χ1n) is 7.25. The zero-order chi connectivity index (χ0) is 16.2. The van der Waals surface area contributed by atoms with Crippen LogP contribution in [-0.4, -0.2) is 26.2 Å². The van der Waals surface area contributed by atoms with E-state index < -0.39 is 5.97 Å². The lowest BCUT2D eigenvalue weighted by molar-refractivity contribution is 0.0338. The van der Waals surface area contributed by atoms with Crippen LogP contribution >= 0.6 is 0 Å². The van der Waals surface area contributed by atoms with Gasteiger partial charge in [0.15, 0.2) is 0 Å². The molecule has 0 aliphatic heterocycles. The zero-order valence-corrected chi connectivity index (χ0v) is 12.9. The molecule has 0 N–H and O–H groups in total. The van der Waals surface area contributed by atoms with E-state index in [1.165, 1.54) is 11.0 Å². The Kier molecular flexibility index (Phi) is 4.14. The number of hydrogen-bond acceptors (Lipinski definition) is 5. The largest absolute Gasteiger partial charge is 0.454 e. The molecule has 1 heterocycles. The average Bonchev–Trinajstić information content (AvgIpc) is 3.09. The molecule has 23 heavy (non-hydrogen) atoms. The van der Waals surface area contributed by atoms with E-state index >= 15 is 0 Å². The van der Waals surface area contributed by atoms with Gasteiger partial charge < -0.3 is 4.74 Å². The minimum Gasteiger partial charge on any atom is -0.454 e. The standard InChI is InChI=1S/C17H16N4O2/c1-12-7-9-14(10-8-12)13(2)23-17(22)15-5-3-4-6-16(15)21-11-18-19-20-21/h3-11,13H,1-2H3. The van der Waals surface area contributed by atoms with Crippen molar-refractivity contribution < 1.29 is 9.53 Å². The molecule has 0 aliphatic carbocycles. The number of benzene rings is 2. The quantitative estimate of drug-likeness (QED) is 0.693. The molecule has 0 bridgehead atoms. The minimum absolute atomic E-state index is 0.343. The lowest BCUT2D eigenvalue weighted by Gasteiger charge is -2.15. The van der Waals surface area contributed by atoms with E-state index in [0.29, 0.717) is 11.3 Å². The second-order valence-electron chi connectivity index (χ2n) is 5.23. The summed E-state index contributed by atoms with van der Waals surface area (Å²) in [6.45, 7) is 3.87. The topological polar surface area (TPSA) is 69.9 Å². The summed E-state index contributed by atoms with van der Waals surface area (Å²) in [6.07, 6.45) is 1.10. The van der Waals surface area contributed by atoms with Crippen molar-refractivity contribution in [3.05, 3.63) is 71.5 Å². The molecule has 2 aromatic carbocycles. The molecule has 0 saturated carbocycles. The van der Waals surface area contributed by atoms with Crippen molar-refractivity contribution in [1.82, 2.24) is 20.2 Å². The van der Waals surface area contributed by atoms with Gasteiger partial charge in [0.05, 0.1) is 11.3 Å². The molecule has 1 atom stereocenters. The van der Waals surface area contributed by atoms with Crippen LogP contribution in [0.25, 0.3) is 5.69 Å². The summed E-state index contributed by atoms with van der Waals surface area (Å²) in [5.41, 5.74) is 3.11. The van der Waals surface area contributed by atoms with Crippen LogP contribution in [0.2, 0.25) is 0 Å². The maximum absolute atomic E-state index is 12.5. The van der Waals surface area contributed by atoms with Gasteiger partial charge in [-0.25, -0.2) is 4.79 Å². The second kappa shape index (κ2) is 6.39. The van der Waals surface area contributed by atoms with E-state index in [9.17, 15) is 4.79 Å². The van der Waals surface area contributed by atoms with Gasteiger partial charge >= 0.3 is 5.97 Å². The van der Waals surface area contributed by atoms with Gasteiger partial charge in [0.2, 0.25) is 0 Å². The average molecular weight is 308 g/mol. The number of nitrogens with zero attached hydrogens (tertiary/aromatic N) is 4. The van der Waals surface area contributed by atoms with Gasteiger partial charge in [-0.3, -0.25) is 0 Å². The molecule has 3 rings (SSSR count). The molecule has 1 aromatic heterocycles. The van der Waals surface area contributed by atoms with Crippen LogP contribution in [-0.2, 0) is 4.74 Å². The molecule has 6 nitrogen and oxygen atoms in total. The molecule has 0 fully saturated rings. The number of carbonyl (C=O) groups excluding carboxylic acids is 1. The highest BCUT2D eigenvalue weighted by Crippen LogP contribution is 2.21. The molecule has 0 aliphatic rings. The van der Waals surface area contributed by atoms with Crippen LogP contribution in [0.1, 0.15) is 34.5 Å². The Labute approximate surface area is 133 Å². The summed E-state index contributed by atoms with van der Waals surface area (Å²) in [7, 11) is 0. The van der Waals surface area contributed by atoms with Gasteiger partial charge in [-0.2, -0.15) is 4.68 Å². The van der Waals surface area contributed by atoms with Crippen molar-refractivity contribution in [2.45, 2.75) is 20.0 Å². The molecular weight excluding hydrogens is 292 g/mol. The van der Waals surface area contributed by atoms with Gasteiger partial charge in [-0.1, -0.05) is 42.0 Å². The van der Waals surface area contributed by atoms with E-state index in [-0.39, 0.29) is 6.10 Å². The summed E-state index contributed by atoms with van der Waals surface area (Å²) in [4.78, 5) is 12.5. The minimum atomic E-state index is -0.413. The third-order valence-electron chi connectivity index (χ3n) is 3.55. The summed E-state index contributed by atoms with van der Waals surface area (Å²) in [5, 5.41) is 11.0. The third-order valence-corrected chi connectivity index (χ3v) is 3.55. The van der Waals surface area contributed by atoms with Crippen LogP contribution in [0.4, 0.5) is 0 Å². The smallest absolute Gasteiger partial charge is 0.340 e. The molecule has 0 radical (unpaired) electrons. The number of hydrogen-bond donors (Lipinski definition) is 0. The SMILES string of the molecule is Cc1ccc(C(C)OC(=O)c2ccccc2-n2cnnn2)cc1. The summed E-state index contributed by atoms with van der Waals surface area (Å²) in [6, 6.07) is 15.0. The Bertz CT molecular complexity index is 798. The highest BCUT2D eigenvalue weighted by molar-refractivity contribution is 5.93. The van der Waals surface area contributed by atoms with Crippen LogP contribution in [0.15, 0.2) is 54.9 Å². The molecule has 6 heteroatoms. The summed E-state index contributed by atoms with van der Waals surface area (Å²) in [5.74, 6) is -0.413. The van der Waals surface area contributed by atoms with E-state index in [1.807, 2.05) is 44.2 Å². The maximum atomic E-state index is 12.5. The van der Waals surface area contributed by atoms with Crippen molar-refractivity contribution in [1.29, 1.82) is 0 Å². The van der Waals surface area contributed by atoms with E-state index in [2.05, 4.69) is 15.5 Å². The monoisotopic (exact) mass is 308 g/mol. The number of carbonyl (C=O) groups is 1. The first-order valence-corrected chi connectivity index (χ1v) is 7.25. The molecule has 116 valence electrons. The molecule has 0 saturated heterocycles. The zero-order valence-electron chi connectivity index (χ0n) is 12.9. The molecule has 0 amide bonds. The molecule has 0 spiro atoms. The number of esters is 1. The lowest BCUT2D eigenvalue weighted by atomic mass is 10.1. The second-order valence-corrected chi connectivity index (χ2v) is 5.23. The van der Waals surface area contributed by atoms with Gasteiger partial charge in [-0.15, -0.1) is 5.10 Å². The van der Waals surface area contributed by atoms with E-state index in [4.69, 9.17) is 4.74 Å². The number of tetrazole rings is 1. The fourth-order valence-corrected chi connectivity index (χ4v) is 2.25. The van der Waals surface area contributed by atoms with Crippen molar-refractivity contribution in [2.24, 2.45) is 0 Å². The van der Waals surface area contributed by atoms with E-state index in [1.54, 1.807) is 18.2 Å². The first kappa shape index (κ1) is 14.9. The predicted octanol–water partition coefficient (Wildman–Crippen LogP) is 2.89. The maximum Gasteiger partial charge on any atom is 0.340 e. The van der Waals surface area contributed by atoms with Crippen LogP contribution in [0.3, 0.4) is 0 Å². The highest BCUT2D eigenvalue weighted by atomic mass is 16.5. The lowest BCUT2D eigenvalue weighted by Crippen LogP contribution is -2.12. The predicted molar refractivity (Wildman–Crippen MR) is 84.2 cm³/mol. The van der Waals surface area contributed by atoms with Crippen LogP contribution in [0, 0.1) is 6.92 Å². The van der Waals surface area contributed by atoms with Crippen LogP contribution < -0.4 is 0 Å². The Hall–Kier alpha value is -3.02. The van der Waals surface area contributed by atoms with Crippen molar-refractivity contribution in [3.63, 3.8) is 0 Å². The van der Waals surface area contributed by atoms with Crippen LogP contribution in [0.5, 0.6) is 0 Å². The summed E-state index contributed by atoms with van der Waals surface area (Å²) >= 11 is 0. The summed E-state index contributed by atoms with van der Waals surface area (Å²) < 4.78 is 7.02. The molecular formula is C17H16N4O2. The van der Waals surface area contributed by atoms with E-state index in [0.717, 1.165) is 11.1 Å². The number of rotatable bonds is 4. The molecule has 3 aromatic rings. The fourth-order valence-electron chi connectivity index (χ4n) is 2.25. The van der Waals surface area contributed by atoms with Gasteiger partial charge in [0, 0.05) is 0 Å². The van der Waals surface area contributed by atoms with Gasteiger partial charge in [-0.05, 0) is 42.0 Å². The van der Waals surface area contributed by atoms with Crippen molar-refractivity contribution in [3.8, 4) is 5.69 Å². The van der Waals surface area contributed by atoms with Gasteiger partial charge in [0.25, 0.3) is 0 Å². The van der Waals surface area contributed by atoms with Gasteiger partial charge in [0.1, 0.15) is 12.4 Å². The van der Waals surface area contributed by atoms with Crippen molar-refractivity contribution >= 4 is 5.97 Å². The Balaban J connectivity index is 1.83.